The average Bonchev–Trinajstić information content (AvgIpc) is 2.67. The first-order valence-corrected chi connectivity index (χ1v) is 8.58. The molecule has 3 aromatic rings. The van der Waals surface area contributed by atoms with Crippen LogP contribution >= 0.6 is 15.9 Å². The van der Waals surface area contributed by atoms with Crippen LogP contribution in [0.4, 0.5) is 5.69 Å². The summed E-state index contributed by atoms with van der Waals surface area (Å²) in [6.45, 7) is 1.19. The van der Waals surface area contributed by atoms with Crippen molar-refractivity contribution in [2.45, 2.75) is 13.2 Å². The number of nitrogens with zero attached hydrogens (tertiary/aromatic N) is 2. The van der Waals surface area contributed by atoms with Gasteiger partial charge >= 0.3 is 0 Å². The molecule has 0 amide bonds. The van der Waals surface area contributed by atoms with Crippen molar-refractivity contribution in [3.8, 4) is 11.8 Å². The maximum Gasteiger partial charge on any atom is 0.119 e. The fourth-order valence-corrected chi connectivity index (χ4v) is 2.80. The van der Waals surface area contributed by atoms with Crippen molar-refractivity contribution < 1.29 is 4.74 Å². The van der Waals surface area contributed by atoms with E-state index in [0.717, 1.165) is 27.0 Å². The van der Waals surface area contributed by atoms with Crippen molar-refractivity contribution >= 4 is 21.6 Å². The molecule has 5 heteroatoms. The Bertz CT molecular complexity index is 874. The Kier molecular flexibility index (Phi) is 5.65. The number of anilines is 1. The number of ether oxygens (including phenoxy) is 1. The molecule has 0 aliphatic rings. The van der Waals surface area contributed by atoms with E-state index in [0.29, 0.717) is 18.7 Å². The van der Waals surface area contributed by atoms with Gasteiger partial charge in [0, 0.05) is 34.7 Å². The summed E-state index contributed by atoms with van der Waals surface area (Å²) in [7, 11) is 0. The maximum atomic E-state index is 8.90. The molecule has 0 bridgehead atoms. The maximum absolute atomic E-state index is 8.90. The summed E-state index contributed by atoms with van der Waals surface area (Å²) in [5.41, 5.74) is 3.77. The molecule has 25 heavy (non-hydrogen) atoms. The van der Waals surface area contributed by atoms with Gasteiger partial charge in [0.2, 0.25) is 0 Å². The molecule has 3 rings (SSSR count). The first-order valence-electron chi connectivity index (χ1n) is 7.79. The van der Waals surface area contributed by atoms with Crippen LogP contribution in [-0.4, -0.2) is 4.98 Å². The van der Waals surface area contributed by atoms with Gasteiger partial charge in [-0.2, -0.15) is 5.26 Å². The number of aromatic nitrogens is 1. The van der Waals surface area contributed by atoms with E-state index >= 15 is 0 Å². The SMILES string of the molecule is N#Cc1ccc(NCc2ccc(OCc3cccnc3)cc2)c(Br)c1. The van der Waals surface area contributed by atoms with Crippen LogP contribution in [-0.2, 0) is 13.2 Å². The molecule has 1 N–H and O–H groups in total. The van der Waals surface area contributed by atoms with Gasteiger partial charge in [-0.15, -0.1) is 0 Å². The van der Waals surface area contributed by atoms with Crippen LogP contribution < -0.4 is 10.1 Å². The molecule has 0 radical (unpaired) electrons. The normalized spacial score (nSPS) is 10.1. The third kappa shape index (κ3) is 4.82. The summed E-state index contributed by atoms with van der Waals surface area (Å²) in [6.07, 6.45) is 3.55. The predicted octanol–water partition coefficient (Wildman–Crippen LogP) is 4.91. The number of halogens is 1. The molecule has 2 aromatic carbocycles. The Labute approximate surface area is 155 Å². The first-order chi connectivity index (χ1) is 12.2. The molecule has 0 saturated carbocycles. The van der Waals surface area contributed by atoms with E-state index in [1.54, 1.807) is 24.5 Å². The number of nitriles is 1. The largest absolute Gasteiger partial charge is 0.489 e. The van der Waals surface area contributed by atoms with Crippen LogP contribution in [0.15, 0.2) is 71.5 Å². The van der Waals surface area contributed by atoms with E-state index in [4.69, 9.17) is 10.00 Å². The molecule has 0 fully saturated rings. The van der Waals surface area contributed by atoms with Crippen molar-refractivity contribution in [3.05, 3.63) is 88.2 Å². The molecule has 0 aliphatic carbocycles. The van der Waals surface area contributed by atoms with Crippen LogP contribution in [0.3, 0.4) is 0 Å². The van der Waals surface area contributed by atoms with E-state index in [1.807, 2.05) is 42.5 Å². The third-order valence-corrected chi connectivity index (χ3v) is 4.29. The highest BCUT2D eigenvalue weighted by molar-refractivity contribution is 9.10. The average molecular weight is 394 g/mol. The zero-order chi connectivity index (χ0) is 17.5. The predicted molar refractivity (Wildman–Crippen MR) is 101 cm³/mol. The van der Waals surface area contributed by atoms with Gasteiger partial charge in [0.15, 0.2) is 0 Å². The van der Waals surface area contributed by atoms with Gasteiger partial charge in [0.25, 0.3) is 0 Å². The van der Waals surface area contributed by atoms with E-state index < -0.39 is 0 Å². The Hall–Kier alpha value is -2.84. The van der Waals surface area contributed by atoms with Crippen molar-refractivity contribution in [1.29, 1.82) is 5.26 Å². The molecule has 0 saturated heterocycles. The number of benzene rings is 2. The summed E-state index contributed by atoms with van der Waals surface area (Å²) in [4.78, 5) is 4.07. The van der Waals surface area contributed by atoms with E-state index in [2.05, 4.69) is 32.3 Å². The fraction of sp³-hybridized carbons (Fsp3) is 0.100. The zero-order valence-electron chi connectivity index (χ0n) is 13.4. The minimum Gasteiger partial charge on any atom is -0.489 e. The van der Waals surface area contributed by atoms with Crippen molar-refractivity contribution in [2.24, 2.45) is 0 Å². The van der Waals surface area contributed by atoms with Crippen LogP contribution in [0.5, 0.6) is 5.75 Å². The van der Waals surface area contributed by atoms with E-state index in [1.165, 1.54) is 0 Å². The van der Waals surface area contributed by atoms with Crippen LogP contribution in [0.1, 0.15) is 16.7 Å². The molecule has 4 nitrogen and oxygen atoms in total. The van der Waals surface area contributed by atoms with E-state index in [9.17, 15) is 0 Å². The zero-order valence-corrected chi connectivity index (χ0v) is 15.0. The molecule has 0 unspecified atom stereocenters. The smallest absolute Gasteiger partial charge is 0.119 e. The highest BCUT2D eigenvalue weighted by Gasteiger charge is 2.02. The topological polar surface area (TPSA) is 57.9 Å². The summed E-state index contributed by atoms with van der Waals surface area (Å²) in [6, 6.07) is 19.5. The van der Waals surface area contributed by atoms with Gasteiger partial charge in [0.1, 0.15) is 12.4 Å². The second kappa shape index (κ2) is 8.32. The van der Waals surface area contributed by atoms with Crippen molar-refractivity contribution in [1.82, 2.24) is 4.98 Å². The van der Waals surface area contributed by atoms with Gasteiger partial charge in [-0.3, -0.25) is 4.98 Å². The van der Waals surface area contributed by atoms with Crippen LogP contribution in [0.2, 0.25) is 0 Å². The van der Waals surface area contributed by atoms with Gasteiger partial charge in [-0.05, 0) is 57.9 Å². The Balaban J connectivity index is 1.55. The lowest BCUT2D eigenvalue weighted by Gasteiger charge is -2.10. The third-order valence-electron chi connectivity index (χ3n) is 3.63. The summed E-state index contributed by atoms with van der Waals surface area (Å²) < 4.78 is 6.63. The standard InChI is InChI=1S/C20H16BrN3O/c21-19-10-16(11-22)5-8-20(19)24-13-15-3-6-18(7-4-15)25-14-17-2-1-9-23-12-17/h1-10,12,24H,13-14H2. The van der Waals surface area contributed by atoms with Crippen molar-refractivity contribution in [2.75, 3.05) is 5.32 Å². The van der Waals surface area contributed by atoms with Gasteiger partial charge in [-0.25, -0.2) is 0 Å². The van der Waals surface area contributed by atoms with Crippen LogP contribution in [0, 0.1) is 11.3 Å². The summed E-state index contributed by atoms with van der Waals surface area (Å²) in [5.74, 6) is 0.826. The molecule has 0 spiro atoms. The molecule has 1 heterocycles. The minimum atomic E-state index is 0.504. The highest BCUT2D eigenvalue weighted by atomic mass is 79.9. The van der Waals surface area contributed by atoms with Crippen LogP contribution in [0.25, 0.3) is 0 Å². The molecule has 0 aliphatic heterocycles. The lowest BCUT2D eigenvalue weighted by atomic mass is 10.2. The minimum absolute atomic E-state index is 0.504. The monoisotopic (exact) mass is 393 g/mol. The Morgan fingerprint density at radius 3 is 2.60 bits per heavy atom. The molecular weight excluding hydrogens is 378 g/mol. The number of rotatable bonds is 6. The van der Waals surface area contributed by atoms with Gasteiger partial charge in [-0.1, -0.05) is 18.2 Å². The number of hydrogen-bond acceptors (Lipinski definition) is 4. The number of hydrogen-bond donors (Lipinski definition) is 1. The van der Waals surface area contributed by atoms with E-state index in [-0.39, 0.29) is 0 Å². The first kappa shape index (κ1) is 17.0. The Morgan fingerprint density at radius 2 is 1.92 bits per heavy atom. The quantitative estimate of drug-likeness (QED) is 0.646. The summed E-state index contributed by atoms with van der Waals surface area (Å²) >= 11 is 3.48. The molecule has 1 aromatic heterocycles. The van der Waals surface area contributed by atoms with Crippen molar-refractivity contribution in [3.63, 3.8) is 0 Å². The lowest BCUT2D eigenvalue weighted by molar-refractivity contribution is 0.305. The fourth-order valence-electron chi connectivity index (χ4n) is 2.28. The molecule has 124 valence electrons. The highest BCUT2D eigenvalue weighted by Crippen LogP contribution is 2.24. The molecule has 0 atom stereocenters. The van der Waals surface area contributed by atoms with Gasteiger partial charge in [0.05, 0.1) is 11.6 Å². The second-order valence-electron chi connectivity index (χ2n) is 5.45. The lowest BCUT2D eigenvalue weighted by Crippen LogP contribution is -2.01. The summed E-state index contributed by atoms with van der Waals surface area (Å²) in [5, 5.41) is 12.2. The molecular formula is C20H16BrN3O. The number of nitrogens with one attached hydrogen (secondary N) is 1. The second-order valence-corrected chi connectivity index (χ2v) is 6.31. The Morgan fingerprint density at radius 1 is 1.08 bits per heavy atom. The van der Waals surface area contributed by atoms with Gasteiger partial charge < -0.3 is 10.1 Å². The number of pyridine rings is 1.